The van der Waals surface area contributed by atoms with Crippen LogP contribution in [-0.4, -0.2) is 42.0 Å². The second kappa shape index (κ2) is 8.96. The molecule has 0 amide bonds. The Kier molecular flexibility index (Phi) is 6.66. The average molecular weight is 329 g/mol. The van der Waals surface area contributed by atoms with E-state index in [1.807, 2.05) is 62.1 Å². The molecule has 0 radical (unpaired) electrons. The molecule has 130 valence electrons. The predicted molar refractivity (Wildman–Crippen MR) is 97.6 cm³/mol. The van der Waals surface area contributed by atoms with Crippen LogP contribution < -0.4 is 15.4 Å². The van der Waals surface area contributed by atoms with Gasteiger partial charge >= 0.3 is 0 Å². The Morgan fingerprint density at radius 2 is 2.08 bits per heavy atom. The lowest BCUT2D eigenvalue weighted by Gasteiger charge is -2.18. The maximum Gasteiger partial charge on any atom is 0.191 e. The van der Waals surface area contributed by atoms with Gasteiger partial charge in [0.05, 0.1) is 19.3 Å². The van der Waals surface area contributed by atoms with Gasteiger partial charge in [0, 0.05) is 19.8 Å². The third-order valence-electron chi connectivity index (χ3n) is 3.60. The van der Waals surface area contributed by atoms with Gasteiger partial charge in [0.15, 0.2) is 5.96 Å². The first-order chi connectivity index (χ1) is 11.6. The first-order valence-corrected chi connectivity index (χ1v) is 8.24. The second-order valence-electron chi connectivity index (χ2n) is 5.85. The summed E-state index contributed by atoms with van der Waals surface area (Å²) in [5, 5.41) is 10.8. The maximum absolute atomic E-state index is 5.96. The smallest absolute Gasteiger partial charge is 0.191 e. The van der Waals surface area contributed by atoms with E-state index >= 15 is 0 Å². The van der Waals surface area contributed by atoms with Crippen molar-refractivity contribution in [2.45, 2.75) is 33.4 Å². The van der Waals surface area contributed by atoms with E-state index in [4.69, 9.17) is 4.74 Å². The number of aryl methyl sites for hydroxylation is 2. The van der Waals surface area contributed by atoms with Crippen molar-refractivity contribution in [2.75, 3.05) is 20.1 Å². The van der Waals surface area contributed by atoms with Gasteiger partial charge in [-0.1, -0.05) is 18.2 Å². The van der Waals surface area contributed by atoms with Gasteiger partial charge in [-0.2, -0.15) is 5.10 Å². The molecule has 2 N–H and O–H groups in total. The molecule has 6 heteroatoms. The fraction of sp³-hybridized carbons (Fsp3) is 0.444. The first kappa shape index (κ1) is 17.8. The normalized spacial score (nSPS) is 12.8. The Hall–Kier alpha value is -2.50. The second-order valence-corrected chi connectivity index (χ2v) is 5.85. The highest BCUT2D eigenvalue weighted by atomic mass is 16.5. The number of ether oxygens (including phenoxy) is 1. The molecule has 1 unspecified atom stereocenters. The van der Waals surface area contributed by atoms with Gasteiger partial charge in [-0.3, -0.25) is 9.67 Å². The Morgan fingerprint density at radius 3 is 2.75 bits per heavy atom. The van der Waals surface area contributed by atoms with E-state index in [-0.39, 0.29) is 6.10 Å². The predicted octanol–water partition coefficient (Wildman–Crippen LogP) is 2.13. The molecule has 1 atom stereocenters. The van der Waals surface area contributed by atoms with Crippen LogP contribution in [0.25, 0.3) is 0 Å². The van der Waals surface area contributed by atoms with E-state index in [0.717, 1.165) is 30.4 Å². The third kappa shape index (κ3) is 5.61. The molecular formula is C18H27N5O. The summed E-state index contributed by atoms with van der Waals surface area (Å²) in [4.78, 5) is 4.23. The van der Waals surface area contributed by atoms with E-state index in [1.165, 1.54) is 5.56 Å². The zero-order chi connectivity index (χ0) is 17.4. The zero-order valence-electron chi connectivity index (χ0n) is 14.9. The summed E-state index contributed by atoms with van der Waals surface area (Å²) >= 11 is 0. The monoisotopic (exact) mass is 329 g/mol. The van der Waals surface area contributed by atoms with E-state index in [2.05, 4.69) is 20.7 Å². The number of hydrogen-bond donors (Lipinski definition) is 2. The van der Waals surface area contributed by atoms with Crippen molar-refractivity contribution in [3.63, 3.8) is 0 Å². The molecular weight excluding hydrogens is 302 g/mol. The summed E-state index contributed by atoms with van der Waals surface area (Å²) in [7, 11) is 1.76. The zero-order valence-corrected chi connectivity index (χ0v) is 14.9. The minimum Gasteiger partial charge on any atom is -0.489 e. The lowest BCUT2D eigenvalue weighted by Crippen LogP contribution is -2.42. The molecule has 2 rings (SSSR count). The van der Waals surface area contributed by atoms with Crippen LogP contribution in [0.3, 0.4) is 0 Å². The Balaban J connectivity index is 1.71. The van der Waals surface area contributed by atoms with Crippen LogP contribution in [-0.2, 0) is 6.54 Å². The minimum atomic E-state index is 0.0402. The maximum atomic E-state index is 5.96. The number of benzene rings is 1. The lowest BCUT2D eigenvalue weighted by molar-refractivity contribution is 0.222. The molecule has 0 aliphatic carbocycles. The van der Waals surface area contributed by atoms with Crippen molar-refractivity contribution in [3.05, 3.63) is 47.8 Å². The number of aliphatic imine (C=N–C) groups is 1. The van der Waals surface area contributed by atoms with Crippen LogP contribution in [0, 0.1) is 13.8 Å². The highest BCUT2D eigenvalue weighted by molar-refractivity contribution is 5.79. The van der Waals surface area contributed by atoms with E-state index in [0.29, 0.717) is 6.54 Å². The molecule has 1 aromatic carbocycles. The Bertz CT molecular complexity index is 665. The number of nitrogens with one attached hydrogen (secondary N) is 2. The SMILES string of the molecule is CN=C(NCCn1cc(C)cn1)NCC(C)Oc1ccccc1C. The summed E-state index contributed by atoms with van der Waals surface area (Å²) in [5.41, 5.74) is 2.31. The van der Waals surface area contributed by atoms with Gasteiger partial charge in [0.2, 0.25) is 0 Å². The van der Waals surface area contributed by atoms with Crippen LogP contribution in [0.2, 0.25) is 0 Å². The van der Waals surface area contributed by atoms with Crippen molar-refractivity contribution in [3.8, 4) is 5.75 Å². The summed E-state index contributed by atoms with van der Waals surface area (Å²) in [5.74, 6) is 1.68. The minimum absolute atomic E-state index is 0.0402. The standard InChI is InChI=1S/C18H27N5O/c1-14-11-22-23(13-14)10-9-20-18(19-4)21-12-16(3)24-17-8-6-5-7-15(17)2/h5-8,11,13,16H,9-10,12H2,1-4H3,(H2,19,20,21). The third-order valence-corrected chi connectivity index (χ3v) is 3.60. The van der Waals surface area contributed by atoms with Crippen molar-refractivity contribution in [1.29, 1.82) is 0 Å². The molecule has 24 heavy (non-hydrogen) atoms. The van der Waals surface area contributed by atoms with Gasteiger partial charge in [0.1, 0.15) is 11.9 Å². The average Bonchev–Trinajstić information content (AvgIpc) is 2.98. The number of aromatic nitrogens is 2. The molecule has 1 aromatic heterocycles. The molecule has 0 aliphatic heterocycles. The van der Waals surface area contributed by atoms with Crippen molar-refractivity contribution >= 4 is 5.96 Å². The van der Waals surface area contributed by atoms with Crippen LogP contribution in [0.4, 0.5) is 0 Å². The molecule has 0 saturated carbocycles. The van der Waals surface area contributed by atoms with Crippen LogP contribution >= 0.6 is 0 Å². The molecule has 6 nitrogen and oxygen atoms in total. The highest BCUT2D eigenvalue weighted by Gasteiger charge is 2.07. The summed E-state index contributed by atoms with van der Waals surface area (Å²) < 4.78 is 7.87. The number of guanidine groups is 1. The molecule has 0 bridgehead atoms. The van der Waals surface area contributed by atoms with Crippen molar-refractivity contribution < 1.29 is 4.74 Å². The quantitative estimate of drug-likeness (QED) is 0.603. The largest absolute Gasteiger partial charge is 0.489 e. The Morgan fingerprint density at radius 1 is 1.29 bits per heavy atom. The molecule has 0 saturated heterocycles. The van der Waals surface area contributed by atoms with E-state index in [9.17, 15) is 0 Å². The summed E-state index contributed by atoms with van der Waals surface area (Å²) in [6.45, 7) is 8.35. The van der Waals surface area contributed by atoms with E-state index < -0.39 is 0 Å². The van der Waals surface area contributed by atoms with E-state index in [1.54, 1.807) is 7.05 Å². The van der Waals surface area contributed by atoms with Gasteiger partial charge in [0.25, 0.3) is 0 Å². The fourth-order valence-electron chi connectivity index (χ4n) is 2.29. The fourth-order valence-corrected chi connectivity index (χ4v) is 2.29. The molecule has 1 heterocycles. The number of hydrogen-bond acceptors (Lipinski definition) is 3. The summed E-state index contributed by atoms with van der Waals surface area (Å²) in [6.07, 6.45) is 3.92. The number of nitrogens with zero attached hydrogens (tertiary/aromatic N) is 3. The Labute approximate surface area is 143 Å². The van der Waals surface area contributed by atoms with Crippen LogP contribution in [0.15, 0.2) is 41.7 Å². The summed E-state index contributed by atoms with van der Waals surface area (Å²) in [6, 6.07) is 8.04. The van der Waals surface area contributed by atoms with Crippen molar-refractivity contribution in [2.24, 2.45) is 4.99 Å². The molecule has 0 fully saturated rings. The number of para-hydroxylation sites is 1. The van der Waals surface area contributed by atoms with Crippen molar-refractivity contribution in [1.82, 2.24) is 20.4 Å². The topological polar surface area (TPSA) is 63.5 Å². The van der Waals surface area contributed by atoms with Crippen LogP contribution in [0.5, 0.6) is 5.75 Å². The first-order valence-electron chi connectivity index (χ1n) is 8.24. The highest BCUT2D eigenvalue weighted by Crippen LogP contribution is 2.17. The van der Waals surface area contributed by atoms with Gasteiger partial charge in [-0.05, 0) is 38.0 Å². The molecule has 0 spiro atoms. The van der Waals surface area contributed by atoms with Crippen LogP contribution in [0.1, 0.15) is 18.1 Å². The molecule has 2 aromatic rings. The van der Waals surface area contributed by atoms with Gasteiger partial charge < -0.3 is 15.4 Å². The molecule has 0 aliphatic rings. The van der Waals surface area contributed by atoms with Gasteiger partial charge in [-0.15, -0.1) is 0 Å². The number of rotatable bonds is 7. The van der Waals surface area contributed by atoms with Gasteiger partial charge in [-0.25, -0.2) is 0 Å². The lowest BCUT2D eigenvalue weighted by atomic mass is 10.2.